The van der Waals surface area contributed by atoms with Gasteiger partial charge in [0.05, 0.1) is 6.04 Å². The highest BCUT2D eigenvalue weighted by Gasteiger charge is 2.14. The standard InChI is InChI=1S/C13H16BrN3OS/c1-19-6-5-11(15)13-16-12(17-18-13)8-9-3-2-4-10(14)7-9/h2-4,7,11H,5-6,8,15H2,1H3. The van der Waals surface area contributed by atoms with E-state index in [1.54, 1.807) is 11.8 Å². The third-order valence-electron chi connectivity index (χ3n) is 2.69. The first kappa shape index (κ1) is 14.6. The van der Waals surface area contributed by atoms with Gasteiger partial charge in [0, 0.05) is 10.9 Å². The van der Waals surface area contributed by atoms with Crippen molar-refractivity contribution in [1.82, 2.24) is 10.1 Å². The minimum absolute atomic E-state index is 0.170. The molecule has 0 amide bonds. The molecule has 0 saturated heterocycles. The lowest BCUT2D eigenvalue weighted by atomic mass is 10.1. The van der Waals surface area contributed by atoms with E-state index in [4.69, 9.17) is 10.3 Å². The number of rotatable bonds is 6. The first-order valence-corrected chi connectivity index (χ1v) is 8.19. The van der Waals surface area contributed by atoms with Crippen LogP contribution in [0, 0.1) is 0 Å². The summed E-state index contributed by atoms with van der Waals surface area (Å²) >= 11 is 5.21. The summed E-state index contributed by atoms with van der Waals surface area (Å²) in [5.74, 6) is 2.19. The van der Waals surface area contributed by atoms with Gasteiger partial charge >= 0.3 is 0 Å². The number of nitrogens with two attached hydrogens (primary N) is 1. The number of aromatic nitrogens is 2. The van der Waals surface area contributed by atoms with E-state index < -0.39 is 0 Å². The van der Waals surface area contributed by atoms with Crippen molar-refractivity contribution >= 4 is 27.7 Å². The number of nitrogens with zero attached hydrogens (tertiary/aromatic N) is 2. The molecule has 2 N–H and O–H groups in total. The Morgan fingerprint density at radius 3 is 3.05 bits per heavy atom. The van der Waals surface area contributed by atoms with Gasteiger partial charge in [-0.25, -0.2) is 0 Å². The summed E-state index contributed by atoms with van der Waals surface area (Å²) in [7, 11) is 0. The lowest BCUT2D eigenvalue weighted by molar-refractivity contribution is 0.349. The number of thioether (sulfide) groups is 1. The topological polar surface area (TPSA) is 64.9 Å². The average Bonchev–Trinajstić information content (AvgIpc) is 2.84. The highest BCUT2D eigenvalue weighted by Crippen LogP contribution is 2.17. The normalized spacial score (nSPS) is 12.6. The van der Waals surface area contributed by atoms with Crippen molar-refractivity contribution in [1.29, 1.82) is 0 Å². The van der Waals surface area contributed by atoms with Crippen LogP contribution in [0.15, 0.2) is 33.3 Å². The Labute approximate surface area is 125 Å². The van der Waals surface area contributed by atoms with E-state index in [1.165, 1.54) is 0 Å². The first-order valence-electron chi connectivity index (χ1n) is 6.00. The summed E-state index contributed by atoms with van der Waals surface area (Å²) in [4.78, 5) is 4.36. The zero-order valence-electron chi connectivity index (χ0n) is 10.7. The maximum absolute atomic E-state index is 5.99. The maximum Gasteiger partial charge on any atom is 0.243 e. The molecular formula is C13H16BrN3OS. The fourth-order valence-electron chi connectivity index (χ4n) is 1.69. The van der Waals surface area contributed by atoms with Gasteiger partial charge in [0.15, 0.2) is 5.82 Å². The molecule has 4 nitrogen and oxygen atoms in total. The number of halogens is 1. The molecule has 0 bridgehead atoms. The predicted molar refractivity (Wildman–Crippen MR) is 81.2 cm³/mol. The zero-order chi connectivity index (χ0) is 13.7. The lowest BCUT2D eigenvalue weighted by Crippen LogP contribution is -2.11. The summed E-state index contributed by atoms with van der Waals surface area (Å²) in [6.45, 7) is 0. The molecule has 0 aliphatic carbocycles. The van der Waals surface area contributed by atoms with Crippen molar-refractivity contribution < 1.29 is 4.52 Å². The summed E-state index contributed by atoms with van der Waals surface area (Å²) < 4.78 is 6.27. The zero-order valence-corrected chi connectivity index (χ0v) is 13.1. The summed E-state index contributed by atoms with van der Waals surface area (Å²) in [5.41, 5.74) is 7.13. The van der Waals surface area contributed by atoms with Gasteiger partial charge in [-0.2, -0.15) is 16.7 Å². The molecule has 0 aliphatic rings. The van der Waals surface area contributed by atoms with Crippen molar-refractivity contribution in [3.63, 3.8) is 0 Å². The number of benzene rings is 1. The Kier molecular flexibility index (Phi) is 5.42. The van der Waals surface area contributed by atoms with Crippen LogP contribution in [0.5, 0.6) is 0 Å². The largest absolute Gasteiger partial charge is 0.338 e. The van der Waals surface area contributed by atoms with Gasteiger partial charge in [-0.1, -0.05) is 33.2 Å². The minimum Gasteiger partial charge on any atom is -0.338 e. The third kappa shape index (κ3) is 4.33. The van der Waals surface area contributed by atoms with E-state index in [0.717, 1.165) is 22.2 Å². The van der Waals surface area contributed by atoms with Gasteiger partial charge in [-0.3, -0.25) is 0 Å². The van der Waals surface area contributed by atoms with Crippen LogP contribution in [0.4, 0.5) is 0 Å². The van der Waals surface area contributed by atoms with E-state index in [0.29, 0.717) is 18.1 Å². The van der Waals surface area contributed by atoms with E-state index in [1.807, 2.05) is 24.3 Å². The summed E-state index contributed by atoms with van der Waals surface area (Å²) in [6, 6.07) is 7.89. The van der Waals surface area contributed by atoms with Crippen LogP contribution in [-0.2, 0) is 6.42 Å². The Hall–Kier alpha value is -0.850. The van der Waals surface area contributed by atoms with Gasteiger partial charge in [0.25, 0.3) is 0 Å². The third-order valence-corrected chi connectivity index (χ3v) is 3.82. The fourth-order valence-corrected chi connectivity index (χ4v) is 2.62. The molecule has 2 aromatic rings. The Morgan fingerprint density at radius 1 is 1.47 bits per heavy atom. The van der Waals surface area contributed by atoms with Gasteiger partial charge in [0.1, 0.15) is 0 Å². The smallest absolute Gasteiger partial charge is 0.243 e. The van der Waals surface area contributed by atoms with Crippen molar-refractivity contribution in [2.24, 2.45) is 5.73 Å². The molecule has 19 heavy (non-hydrogen) atoms. The van der Waals surface area contributed by atoms with Crippen LogP contribution in [0.2, 0.25) is 0 Å². The maximum atomic E-state index is 5.99. The second-order valence-corrected chi connectivity index (χ2v) is 6.14. The molecule has 0 radical (unpaired) electrons. The molecule has 2 rings (SSSR count). The van der Waals surface area contributed by atoms with Crippen molar-refractivity contribution in [3.8, 4) is 0 Å². The van der Waals surface area contributed by atoms with E-state index in [9.17, 15) is 0 Å². The van der Waals surface area contributed by atoms with Crippen LogP contribution < -0.4 is 5.73 Å². The van der Waals surface area contributed by atoms with Gasteiger partial charge in [0.2, 0.25) is 5.89 Å². The molecule has 0 spiro atoms. The lowest BCUT2D eigenvalue weighted by Gasteiger charge is -2.03. The highest BCUT2D eigenvalue weighted by atomic mass is 79.9. The first-order chi connectivity index (χ1) is 9.19. The second kappa shape index (κ2) is 7.07. The highest BCUT2D eigenvalue weighted by molar-refractivity contribution is 9.10. The quantitative estimate of drug-likeness (QED) is 0.873. The Morgan fingerprint density at radius 2 is 2.32 bits per heavy atom. The van der Waals surface area contributed by atoms with Crippen molar-refractivity contribution in [3.05, 3.63) is 46.0 Å². The second-order valence-electron chi connectivity index (χ2n) is 4.24. The van der Waals surface area contributed by atoms with Crippen LogP contribution in [0.1, 0.15) is 29.7 Å². The van der Waals surface area contributed by atoms with Crippen molar-refractivity contribution in [2.45, 2.75) is 18.9 Å². The monoisotopic (exact) mass is 341 g/mol. The average molecular weight is 342 g/mol. The molecule has 1 aromatic heterocycles. The molecule has 0 saturated carbocycles. The summed E-state index contributed by atoms with van der Waals surface area (Å²) in [6.07, 6.45) is 3.55. The van der Waals surface area contributed by atoms with Gasteiger partial charge in [-0.15, -0.1) is 0 Å². The molecule has 1 atom stereocenters. The van der Waals surface area contributed by atoms with E-state index >= 15 is 0 Å². The van der Waals surface area contributed by atoms with E-state index in [-0.39, 0.29) is 6.04 Å². The molecule has 102 valence electrons. The molecule has 1 unspecified atom stereocenters. The summed E-state index contributed by atoms with van der Waals surface area (Å²) in [5, 5.41) is 3.98. The molecule has 1 heterocycles. The van der Waals surface area contributed by atoms with Gasteiger partial charge in [-0.05, 0) is 36.1 Å². The van der Waals surface area contributed by atoms with Gasteiger partial charge < -0.3 is 10.3 Å². The number of hydrogen-bond donors (Lipinski definition) is 1. The molecular weight excluding hydrogens is 326 g/mol. The Bertz CT molecular complexity index is 532. The Balaban J connectivity index is 2.01. The minimum atomic E-state index is -0.170. The fraction of sp³-hybridized carbons (Fsp3) is 0.385. The molecule has 6 heteroatoms. The van der Waals surface area contributed by atoms with E-state index in [2.05, 4.69) is 32.3 Å². The van der Waals surface area contributed by atoms with Crippen LogP contribution >= 0.6 is 27.7 Å². The molecule has 0 aliphatic heterocycles. The SMILES string of the molecule is CSCCC(N)c1nc(Cc2cccc(Br)c2)no1. The molecule has 0 fully saturated rings. The predicted octanol–water partition coefficient (Wildman–Crippen LogP) is 3.18. The number of hydrogen-bond acceptors (Lipinski definition) is 5. The van der Waals surface area contributed by atoms with Crippen molar-refractivity contribution in [2.75, 3.05) is 12.0 Å². The van der Waals surface area contributed by atoms with Crippen LogP contribution in [0.25, 0.3) is 0 Å². The molecule has 1 aromatic carbocycles. The van der Waals surface area contributed by atoms with Crippen LogP contribution in [-0.4, -0.2) is 22.1 Å². The van der Waals surface area contributed by atoms with Crippen LogP contribution in [0.3, 0.4) is 0 Å².